The highest BCUT2D eigenvalue weighted by Gasteiger charge is 2.29. The molecule has 4 nitrogen and oxygen atoms in total. The first-order valence-corrected chi connectivity index (χ1v) is 6.66. The van der Waals surface area contributed by atoms with E-state index in [2.05, 4.69) is 15.0 Å². The van der Waals surface area contributed by atoms with E-state index in [-0.39, 0.29) is 0 Å². The van der Waals surface area contributed by atoms with Crippen LogP contribution in [0, 0.1) is 0 Å². The third-order valence-corrected chi connectivity index (χ3v) is 2.84. The molecule has 0 bridgehead atoms. The van der Waals surface area contributed by atoms with Gasteiger partial charge in [-0.1, -0.05) is 26.0 Å². The number of rotatable bonds is 6. The van der Waals surface area contributed by atoms with Gasteiger partial charge in [0.05, 0.1) is 0 Å². The maximum Gasteiger partial charge on any atom is 0.422 e. The van der Waals surface area contributed by atoms with Gasteiger partial charge in [-0.25, -0.2) is 4.79 Å². The number of anilines is 1. The molecule has 1 rings (SSSR count). The number of benzene rings is 1. The molecule has 0 fully saturated rings. The van der Waals surface area contributed by atoms with E-state index in [9.17, 15) is 18.0 Å². The molecule has 0 saturated heterocycles. The lowest BCUT2D eigenvalue weighted by atomic mass is 10.2. The number of alkyl halides is 3. The van der Waals surface area contributed by atoms with Crippen molar-refractivity contribution in [1.29, 1.82) is 0 Å². The summed E-state index contributed by atoms with van der Waals surface area (Å²) in [4.78, 5) is 13.4. The molecule has 0 aromatic heterocycles. The third kappa shape index (κ3) is 6.99. The van der Waals surface area contributed by atoms with Crippen molar-refractivity contribution >= 4 is 11.8 Å². The van der Waals surface area contributed by atoms with Gasteiger partial charge in [-0.2, -0.15) is 13.2 Å². The van der Waals surface area contributed by atoms with E-state index in [1.807, 2.05) is 19.9 Å². The Morgan fingerprint density at radius 1 is 1.29 bits per heavy atom. The van der Waals surface area contributed by atoms with E-state index in [1.165, 1.54) is 0 Å². The minimum atomic E-state index is -4.53. The number of carbonyl (C=O) groups excluding carboxylic acids is 1. The Morgan fingerprint density at radius 3 is 2.52 bits per heavy atom. The summed E-state index contributed by atoms with van der Waals surface area (Å²) in [7, 11) is 0. The maximum atomic E-state index is 11.9. The summed E-state index contributed by atoms with van der Waals surface area (Å²) in [5.74, 6) is 0. The molecule has 21 heavy (non-hydrogen) atoms. The molecule has 1 aromatic rings. The molecule has 0 saturated carbocycles. The van der Waals surface area contributed by atoms with Crippen LogP contribution in [0.25, 0.3) is 0 Å². The van der Waals surface area contributed by atoms with Gasteiger partial charge < -0.3 is 4.74 Å². The molecule has 0 radical (unpaired) electrons. The van der Waals surface area contributed by atoms with Crippen LogP contribution in [-0.2, 0) is 11.3 Å². The van der Waals surface area contributed by atoms with Crippen LogP contribution in [0.5, 0.6) is 0 Å². The van der Waals surface area contributed by atoms with Gasteiger partial charge in [-0.3, -0.25) is 10.2 Å². The van der Waals surface area contributed by atoms with Crippen molar-refractivity contribution in [2.24, 2.45) is 0 Å². The molecule has 1 aromatic carbocycles. The second-order valence-electron chi connectivity index (χ2n) is 4.48. The highest BCUT2D eigenvalue weighted by molar-refractivity contribution is 5.84. The number of ether oxygens (including phenoxy) is 1. The number of carbonyl (C=O) groups is 1. The Bertz CT molecular complexity index is 460. The number of nitrogens with zero attached hydrogens (tertiary/aromatic N) is 1. The number of halogens is 3. The fourth-order valence-corrected chi connectivity index (χ4v) is 1.75. The van der Waals surface area contributed by atoms with Crippen LogP contribution < -0.4 is 5.32 Å². The van der Waals surface area contributed by atoms with Crippen LogP contribution in [0.2, 0.25) is 0 Å². The molecule has 0 spiro atoms. The first-order chi connectivity index (χ1) is 9.84. The van der Waals surface area contributed by atoms with Gasteiger partial charge in [0.25, 0.3) is 0 Å². The lowest BCUT2D eigenvalue weighted by Crippen LogP contribution is -2.24. The zero-order chi connectivity index (χ0) is 15.9. The summed E-state index contributed by atoms with van der Waals surface area (Å²) in [5, 5.41) is 2.28. The number of hydrogen-bond donors (Lipinski definition) is 1. The van der Waals surface area contributed by atoms with Gasteiger partial charge in [0.2, 0.25) is 0 Å². The number of nitrogens with one attached hydrogen (secondary N) is 1. The fraction of sp³-hybridized carbons (Fsp3) is 0.500. The van der Waals surface area contributed by atoms with Gasteiger partial charge in [0.1, 0.15) is 0 Å². The van der Waals surface area contributed by atoms with Crippen molar-refractivity contribution in [2.75, 3.05) is 25.0 Å². The zero-order valence-electron chi connectivity index (χ0n) is 12.0. The number of amides is 1. The summed E-state index contributed by atoms with van der Waals surface area (Å²) in [6, 6.07) is 6.94. The van der Waals surface area contributed by atoms with Crippen LogP contribution >= 0.6 is 0 Å². The van der Waals surface area contributed by atoms with E-state index < -0.39 is 18.9 Å². The SMILES string of the molecule is CCN(CC)Cc1cccc(NC(=O)OCC(F)(F)F)c1. The average molecular weight is 304 g/mol. The smallest absolute Gasteiger partial charge is 0.422 e. The summed E-state index contributed by atoms with van der Waals surface area (Å²) in [5.41, 5.74) is 1.37. The minimum Gasteiger partial charge on any atom is -0.440 e. The zero-order valence-corrected chi connectivity index (χ0v) is 12.0. The van der Waals surface area contributed by atoms with Crippen LogP contribution in [-0.4, -0.2) is 36.9 Å². The molecule has 0 unspecified atom stereocenters. The normalized spacial score (nSPS) is 11.5. The second-order valence-corrected chi connectivity index (χ2v) is 4.48. The lowest BCUT2D eigenvalue weighted by Gasteiger charge is -2.18. The summed E-state index contributed by atoms with van der Waals surface area (Å²) in [6.45, 7) is 4.97. The topological polar surface area (TPSA) is 41.6 Å². The van der Waals surface area contributed by atoms with E-state index in [4.69, 9.17) is 0 Å². The van der Waals surface area contributed by atoms with E-state index >= 15 is 0 Å². The van der Waals surface area contributed by atoms with Crippen molar-refractivity contribution in [3.05, 3.63) is 29.8 Å². The molecule has 0 heterocycles. The fourth-order valence-electron chi connectivity index (χ4n) is 1.75. The molecule has 1 amide bonds. The van der Waals surface area contributed by atoms with Crippen LogP contribution in [0.15, 0.2) is 24.3 Å². The third-order valence-electron chi connectivity index (χ3n) is 2.84. The predicted molar refractivity (Wildman–Crippen MR) is 74.1 cm³/mol. The molecule has 118 valence electrons. The van der Waals surface area contributed by atoms with Crippen LogP contribution in [0.3, 0.4) is 0 Å². The second kappa shape index (κ2) is 7.87. The molecular weight excluding hydrogens is 285 g/mol. The first kappa shape index (κ1) is 17.3. The monoisotopic (exact) mass is 304 g/mol. The Hall–Kier alpha value is -1.76. The maximum absolute atomic E-state index is 11.9. The van der Waals surface area contributed by atoms with Crippen molar-refractivity contribution in [3.8, 4) is 0 Å². The largest absolute Gasteiger partial charge is 0.440 e. The Morgan fingerprint density at radius 2 is 1.95 bits per heavy atom. The summed E-state index contributed by atoms with van der Waals surface area (Å²) >= 11 is 0. The highest BCUT2D eigenvalue weighted by Crippen LogP contribution is 2.16. The van der Waals surface area contributed by atoms with E-state index in [1.54, 1.807) is 18.2 Å². The van der Waals surface area contributed by atoms with Crippen molar-refractivity contribution in [2.45, 2.75) is 26.6 Å². The molecule has 0 aliphatic heterocycles. The van der Waals surface area contributed by atoms with Gasteiger partial charge >= 0.3 is 12.3 Å². The molecular formula is C14H19F3N2O2. The average Bonchev–Trinajstić information content (AvgIpc) is 2.42. The number of hydrogen-bond acceptors (Lipinski definition) is 3. The molecule has 0 atom stereocenters. The van der Waals surface area contributed by atoms with Crippen molar-refractivity contribution in [1.82, 2.24) is 4.90 Å². The molecule has 1 N–H and O–H groups in total. The Kier molecular flexibility index (Phi) is 6.48. The predicted octanol–water partition coefficient (Wildman–Crippen LogP) is 3.64. The first-order valence-electron chi connectivity index (χ1n) is 6.66. The van der Waals surface area contributed by atoms with Gasteiger partial charge in [0.15, 0.2) is 6.61 Å². The van der Waals surface area contributed by atoms with E-state index in [0.29, 0.717) is 12.2 Å². The van der Waals surface area contributed by atoms with Crippen molar-refractivity contribution < 1.29 is 22.7 Å². The van der Waals surface area contributed by atoms with Gasteiger partial charge in [-0.15, -0.1) is 0 Å². The minimum absolute atomic E-state index is 0.409. The standard InChI is InChI=1S/C14H19F3N2O2/c1-3-19(4-2)9-11-6-5-7-12(8-11)18-13(20)21-10-14(15,16)17/h5-8H,3-4,9-10H2,1-2H3,(H,18,20). The van der Waals surface area contributed by atoms with Crippen LogP contribution in [0.1, 0.15) is 19.4 Å². The van der Waals surface area contributed by atoms with Gasteiger partial charge in [-0.05, 0) is 30.8 Å². The molecule has 0 aliphatic rings. The van der Waals surface area contributed by atoms with Crippen LogP contribution in [0.4, 0.5) is 23.7 Å². The quantitative estimate of drug-likeness (QED) is 0.872. The lowest BCUT2D eigenvalue weighted by molar-refractivity contribution is -0.159. The Labute approximate surface area is 121 Å². The summed E-state index contributed by atoms with van der Waals surface area (Å²) < 4.78 is 39.9. The Balaban J connectivity index is 2.58. The molecule has 7 heteroatoms. The van der Waals surface area contributed by atoms with Gasteiger partial charge in [0, 0.05) is 12.2 Å². The molecule has 0 aliphatic carbocycles. The van der Waals surface area contributed by atoms with E-state index in [0.717, 1.165) is 18.7 Å². The highest BCUT2D eigenvalue weighted by atomic mass is 19.4. The summed E-state index contributed by atoms with van der Waals surface area (Å²) in [6.07, 6.45) is -5.64. The van der Waals surface area contributed by atoms with Crippen molar-refractivity contribution in [3.63, 3.8) is 0 Å².